The maximum absolute atomic E-state index is 11.5. The molecule has 12 heteroatoms. The van der Waals surface area contributed by atoms with E-state index in [2.05, 4.69) is 9.84 Å². The van der Waals surface area contributed by atoms with Crippen molar-refractivity contribution in [2.45, 2.75) is 37.5 Å². The number of Topliss-reactive ketones (excluding diaryl/α,β-unsaturated/α-hetero) is 1. The molecule has 0 aliphatic rings. The van der Waals surface area contributed by atoms with Crippen LogP contribution in [0.2, 0.25) is 0 Å². The lowest BCUT2D eigenvalue weighted by atomic mass is 10.1. The maximum Gasteiger partial charge on any atom is 0.469 e. The summed E-state index contributed by atoms with van der Waals surface area (Å²) >= 11 is 0. The molecule has 2 unspecified atom stereocenters. The van der Waals surface area contributed by atoms with Gasteiger partial charge in [-0.25, -0.2) is 4.57 Å². The summed E-state index contributed by atoms with van der Waals surface area (Å²) in [5, 5.41) is 30.1. The van der Waals surface area contributed by atoms with Crippen molar-refractivity contribution in [2.24, 2.45) is 5.73 Å². The Hall–Kier alpha value is -0.910. The van der Waals surface area contributed by atoms with Gasteiger partial charge in [0, 0.05) is 0 Å². The van der Waals surface area contributed by atoms with Gasteiger partial charge in [-0.1, -0.05) is 6.42 Å². The van der Waals surface area contributed by atoms with Crippen LogP contribution in [0.25, 0.3) is 0 Å². The minimum Gasteiger partial charge on any atom is -0.480 e. The van der Waals surface area contributed by atoms with Gasteiger partial charge in [-0.3, -0.25) is 14.1 Å². The Bertz CT molecular complexity index is 428. The van der Waals surface area contributed by atoms with E-state index >= 15 is 0 Å². The van der Waals surface area contributed by atoms with Crippen molar-refractivity contribution in [3.63, 3.8) is 0 Å². The molecule has 0 aromatic rings. The number of ketones is 1. The van der Waals surface area contributed by atoms with Gasteiger partial charge in [0.2, 0.25) is 0 Å². The van der Waals surface area contributed by atoms with Gasteiger partial charge in [0.05, 0.1) is 13.2 Å². The summed E-state index contributed by atoms with van der Waals surface area (Å²) in [5.74, 6) is -1.85. The number of carbonyl (C=O) groups excluding carboxylic acids is 1. The topological polar surface area (TPSA) is 200 Å². The zero-order valence-electron chi connectivity index (χ0n) is 12.4. The Morgan fingerprint density at radius 2 is 1.83 bits per heavy atom. The van der Waals surface area contributed by atoms with Crippen LogP contribution in [0.4, 0.5) is 0 Å². The smallest absolute Gasteiger partial charge is 0.469 e. The van der Waals surface area contributed by atoms with Gasteiger partial charge in [0.15, 0.2) is 5.78 Å². The van der Waals surface area contributed by atoms with Crippen LogP contribution in [0, 0.1) is 0 Å². The van der Waals surface area contributed by atoms with E-state index in [1.54, 1.807) is 0 Å². The second-order valence-electron chi connectivity index (χ2n) is 4.88. The molecule has 0 rings (SSSR count). The molecule has 0 radical (unpaired) electrons. The molecule has 0 amide bonds. The summed E-state index contributed by atoms with van der Waals surface area (Å²) < 4.78 is 14.4. The SMILES string of the molecule is N[C@@H](CCCCNCC(=O)C(O)C(O)COP(=O)(O)O)C(=O)O. The molecular weight excluding hydrogens is 335 g/mol. The summed E-state index contributed by atoms with van der Waals surface area (Å²) in [4.78, 5) is 38.9. The third kappa shape index (κ3) is 11.3. The van der Waals surface area contributed by atoms with Crippen LogP contribution in [0.1, 0.15) is 19.3 Å². The van der Waals surface area contributed by atoms with Crippen LogP contribution in [0.15, 0.2) is 0 Å². The van der Waals surface area contributed by atoms with E-state index in [4.69, 9.17) is 20.6 Å². The normalized spacial score (nSPS) is 15.9. The number of carbonyl (C=O) groups is 2. The molecule has 0 spiro atoms. The highest BCUT2D eigenvalue weighted by Gasteiger charge is 2.26. The standard InChI is InChI=1S/C11H23N2O9P/c12-7(11(17)18)3-1-2-4-13-5-8(14)10(16)9(15)6-22-23(19,20)21/h7,9-10,13,15-16H,1-6,12H2,(H,17,18)(H2,19,20,21)/t7-,9?,10?/m0/s1. The highest BCUT2D eigenvalue weighted by atomic mass is 31.2. The molecule has 0 bridgehead atoms. The predicted octanol–water partition coefficient (Wildman–Crippen LogP) is -2.44. The fourth-order valence-electron chi connectivity index (χ4n) is 1.53. The summed E-state index contributed by atoms with van der Waals surface area (Å²) in [6.45, 7) is -0.775. The quantitative estimate of drug-likeness (QED) is 0.136. The Labute approximate surface area is 132 Å². The van der Waals surface area contributed by atoms with Crippen molar-refractivity contribution in [1.29, 1.82) is 0 Å². The molecule has 23 heavy (non-hydrogen) atoms. The lowest BCUT2D eigenvalue weighted by Crippen LogP contribution is -2.41. The predicted molar refractivity (Wildman–Crippen MR) is 77.3 cm³/mol. The van der Waals surface area contributed by atoms with Crippen molar-refractivity contribution in [1.82, 2.24) is 5.32 Å². The number of aliphatic carboxylic acids is 1. The van der Waals surface area contributed by atoms with E-state index in [-0.39, 0.29) is 6.54 Å². The second kappa shape index (κ2) is 10.8. The molecule has 3 atom stereocenters. The van der Waals surface area contributed by atoms with Crippen LogP contribution in [-0.4, -0.2) is 74.8 Å². The molecule has 0 fully saturated rings. The van der Waals surface area contributed by atoms with Crippen molar-refractivity contribution in [3.05, 3.63) is 0 Å². The number of phosphoric acid groups is 1. The van der Waals surface area contributed by atoms with Crippen LogP contribution >= 0.6 is 7.82 Å². The highest BCUT2D eigenvalue weighted by molar-refractivity contribution is 7.46. The molecular formula is C11H23N2O9P. The van der Waals surface area contributed by atoms with Crippen molar-refractivity contribution in [2.75, 3.05) is 19.7 Å². The van der Waals surface area contributed by atoms with Crippen molar-refractivity contribution < 1.29 is 43.8 Å². The number of aliphatic hydroxyl groups is 2. The van der Waals surface area contributed by atoms with Crippen LogP contribution in [-0.2, 0) is 18.7 Å². The molecule has 0 aromatic carbocycles. The molecule has 0 aliphatic heterocycles. The highest BCUT2D eigenvalue weighted by Crippen LogP contribution is 2.35. The maximum atomic E-state index is 11.5. The van der Waals surface area contributed by atoms with E-state index in [1.165, 1.54) is 0 Å². The number of carboxylic acids is 1. The largest absolute Gasteiger partial charge is 0.480 e. The number of nitrogens with two attached hydrogens (primary N) is 1. The fraction of sp³-hybridized carbons (Fsp3) is 0.818. The van der Waals surface area contributed by atoms with E-state index in [9.17, 15) is 24.4 Å². The zero-order chi connectivity index (χ0) is 18.0. The first kappa shape index (κ1) is 22.1. The number of unbranched alkanes of at least 4 members (excludes halogenated alkanes) is 1. The summed E-state index contributed by atoms with van der Waals surface area (Å²) in [5.41, 5.74) is 5.31. The molecule has 0 heterocycles. The minimum absolute atomic E-state index is 0.265. The average Bonchev–Trinajstić information content (AvgIpc) is 2.45. The number of hydrogen-bond donors (Lipinski definition) is 7. The molecule has 0 saturated carbocycles. The van der Waals surface area contributed by atoms with Gasteiger partial charge in [-0.15, -0.1) is 0 Å². The number of phosphoric ester groups is 1. The minimum atomic E-state index is -4.79. The number of nitrogens with one attached hydrogen (secondary N) is 1. The second-order valence-corrected chi connectivity index (χ2v) is 6.12. The van der Waals surface area contributed by atoms with Gasteiger partial charge < -0.3 is 36.2 Å². The molecule has 8 N–H and O–H groups in total. The van der Waals surface area contributed by atoms with Gasteiger partial charge in [0.25, 0.3) is 0 Å². The average molecular weight is 358 g/mol. The van der Waals surface area contributed by atoms with Crippen molar-refractivity contribution >= 4 is 19.6 Å². The van der Waals surface area contributed by atoms with E-state index in [0.717, 1.165) is 0 Å². The molecule has 136 valence electrons. The number of carboxylic acid groups (broad SMARTS) is 1. The lowest BCUT2D eigenvalue weighted by Gasteiger charge is -2.17. The Morgan fingerprint density at radius 3 is 2.35 bits per heavy atom. The Morgan fingerprint density at radius 1 is 1.22 bits per heavy atom. The van der Waals surface area contributed by atoms with E-state index in [1.807, 2.05) is 0 Å². The Balaban J connectivity index is 3.84. The van der Waals surface area contributed by atoms with Crippen LogP contribution in [0.3, 0.4) is 0 Å². The van der Waals surface area contributed by atoms with Gasteiger partial charge in [-0.05, 0) is 19.4 Å². The van der Waals surface area contributed by atoms with Crippen molar-refractivity contribution in [3.8, 4) is 0 Å². The first-order valence-electron chi connectivity index (χ1n) is 6.82. The summed E-state index contributed by atoms with van der Waals surface area (Å²) in [6, 6.07) is -0.928. The number of hydrogen-bond acceptors (Lipinski definition) is 8. The van der Waals surface area contributed by atoms with Gasteiger partial charge >= 0.3 is 13.8 Å². The third-order valence-corrected chi connectivity index (χ3v) is 3.33. The third-order valence-electron chi connectivity index (χ3n) is 2.84. The summed E-state index contributed by atoms with van der Waals surface area (Å²) in [7, 11) is -4.79. The molecule has 0 aliphatic carbocycles. The summed E-state index contributed by atoms with van der Waals surface area (Å²) in [6.07, 6.45) is -2.20. The number of aliphatic hydroxyl groups excluding tert-OH is 2. The molecule has 0 aromatic heterocycles. The monoisotopic (exact) mass is 358 g/mol. The van der Waals surface area contributed by atoms with Crippen LogP contribution < -0.4 is 11.1 Å². The molecule has 0 saturated heterocycles. The first-order chi connectivity index (χ1) is 10.5. The van der Waals surface area contributed by atoms with E-state index < -0.39 is 44.4 Å². The van der Waals surface area contributed by atoms with E-state index in [0.29, 0.717) is 25.8 Å². The number of rotatable bonds is 13. The first-order valence-corrected chi connectivity index (χ1v) is 8.35. The Kier molecular flexibility index (Phi) is 10.4. The van der Waals surface area contributed by atoms with Gasteiger partial charge in [0.1, 0.15) is 18.2 Å². The van der Waals surface area contributed by atoms with Gasteiger partial charge in [-0.2, -0.15) is 0 Å². The molecule has 11 nitrogen and oxygen atoms in total. The van der Waals surface area contributed by atoms with Crippen LogP contribution in [0.5, 0.6) is 0 Å². The lowest BCUT2D eigenvalue weighted by molar-refractivity contribution is -0.138. The fourth-order valence-corrected chi connectivity index (χ4v) is 1.88. The zero-order valence-corrected chi connectivity index (χ0v) is 13.3.